The van der Waals surface area contributed by atoms with Crippen molar-refractivity contribution in [2.45, 2.75) is 0 Å². The zero-order valence-electron chi connectivity index (χ0n) is 30.0. The Labute approximate surface area is 326 Å². The summed E-state index contributed by atoms with van der Waals surface area (Å²) in [4.78, 5) is 20.1. The highest BCUT2D eigenvalue weighted by Gasteiger charge is 2.20. The second kappa shape index (κ2) is 13.2. The van der Waals surface area contributed by atoms with Gasteiger partial charge in [0, 0.05) is 60.0 Å². The van der Waals surface area contributed by atoms with E-state index in [2.05, 4.69) is 161 Å². The highest BCUT2D eigenvalue weighted by molar-refractivity contribution is 7.26. The minimum absolute atomic E-state index is 0.600. The summed E-state index contributed by atoms with van der Waals surface area (Å²) < 4.78 is 4.91. The first-order valence-corrected chi connectivity index (χ1v) is 19.4. The van der Waals surface area contributed by atoms with Crippen LogP contribution in [-0.2, 0) is 0 Å². The molecule has 11 rings (SSSR count). The van der Waals surface area contributed by atoms with Gasteiger partial charge in [0.15, 0.2) is 17.5 Å². The van der Waals surface area contributed by atoms with E-state index in [1.807, 2.05) is 48.0 Å². The number of fused-ring (bicyclic) bond motifs is 6. The lowest BCUT2D eigenvalue weighted by Crippen LogP contribution is -2.04. The first-order chi connectivity index (χ1) is 27.8. The number of rotatable bonds is 6. The molecule has 0 unspecified atom stereocenters. The smallest absolute Gasteiger partial charge is 0.166 e. The predicted molar refractivity (Wildman–Crippen MR) is 232 cm³/mol. The maximum absolute atomic E-state index is 5.27. The van der Waals surface area contributed by atoms with E-state index in [4.69, 9.17) is 15.0 Å². The molecule has 0 amide bonds. The van der Waals surface area contributed by atoms with Gasteiger partial charge >= 0.3 is 0 Å². The van der Waals surface area contributed by atoms with Crippen molar-refractivity contribution < 1.29 is 0 Å². The quantitative estimate of drug-likeness (QED) is 0.171. The van der Waals surface area contributed by atoms with Gasteiger partial charge in [-0.2, -0.15) is 0 Å². The first-order valence-electron chi connectivity index (χ1n) is 18.6. The van der Waals surface area contributed by atoms with Gasteiger partial charge in [-0.1, -0.05) is 146 Å². The lowest BCUT2D eigenvalue weighted by molar-refractivity contribution is 1.06. The Morgan fingerprint density at radius 1 is 0.393 bits per heavy atom. The van der Waals surface area contributed by atoms with Crippen LogP contribution in [0.3, 0.4) is 0 Å². The molecule has 0 atom stereocenters. The molecule has 4 aromatic heterocycles. The van der Waals surface area contributed by atoms with Crippen molar-refractivity contribution in [1.29, 1.82) is 0 Å². The molecular weight excluding hydrogens is 703 g/mol. The number of hydrogen-bond donors (Lipinski definition) is 0. The fourth-order valence-corrected chi connectivity index (χ4v) is 9.14. The lowest BCUT2D eigenvalue weighted by atomic mass is 10.0. The monoisotopic (exact) mass is 733 g/mol. The molecule has 0 aliphatic heterocycles. The van der Waals surface area contributed by atoms with Crippen LogP contribution in [0.5, 0.6) is 0 Å². The van der Waals surface area contributed by atoms with Gasteiger partial charge < -0.3 is 4.57 Å². The molecule has 0 N–H and O–H groups in total. The Morgan fingerprint density at radius 3 is 1.80 bits per heavy atom. The molecule has 0 saturated carbocycles. The minimum atomic E-state index is 0.600. The Hall–Kier alpha value is -7.28. The molecule has 0 aliphatic carbocycles. The van der Waals surface area contributed by atoms with Crippen molar-refractivity contribution in [3.63, 3.8) is 0 Å². The topological polar surface area (TPSA) is 56.5 Å². The molecule has 0 radical (unpaired) electrons. The van der Waals surface area contributed by atoms with E-state index >= 15 is 0 Å². The maximum atomic E-state index is 5.27. The molecule has 0 fully saturated rings. The Balaban J connectivity index is 1.11. The molecule has 7 aromatic carbocycles. The van der Waals surface area contributed by atoms with Gasteiger partial charge in [0.1, 0.15) is 0 Å². The van der Waals surface area contributed by atoms with E-state index in [0.717, 1.165) is 60.9 Å². The first kappa shape index (κ1) is 32.2. The minimum Gasteiger partial charge on any atom is -0.308 e. The average molecular weight is 734 g/mol. The third kappa shape index (κ3) is 5.38. The molecule has 6 heteroatoms. The molecule has 4 heterocycles. The third-order valence-electron chi connectivity index (χ3n) is 10.6. The molecule has 262 valence electrons. The van der Waals surface area contributed by atoms with Gasteiger partial charge in [0.05, 0.1) is 16.7 Å². The maximum Gasteiger partial charge on any atom is 0.166 e. The second-order valence-electron chi connectivity index (χ2n) is 13.9. The molecule has 0 spiro atoms. The van der Waals surface area contributed by atoms with Gasteiger partial charge in [0.25, 0.3) is 0 Å². The molecule has 11 aromatic rings. The number of thiophene rings is 1. The van der Waals surface area contributed by atoms with Crippen LogP contribution in [0, 0.1) is 0 Å². The fraction of sp³-hybridized carbons (Fsp3) is 0. The number of benzene rings is 7. The lowest BCUT2D eigenvalue weighted by Gasteiger charge is -2.16. The Bertz CT molecular complexity index is 3190. The van der Waals surface area contributed by atoms with Crippen LogP contribution < -0.4 is 0 Å². The van der Waals surface area contributed by atoms with E-state index in [1.165, 1.54) is 25.7 Å². The summed E-state index contributed by atoms with van der Waals surface area (Å²) in [7, 11) is 0. The van der Waals surface area contributed by atoms with E-state index in [9.17, 15) is 0 Å². The van der Waals surface area contributed by atoms with Gasteiger partial charge in [-0.15, -0.1) is 11.3 Å². The Kier molecular flexibility index (Phi) is 7.60. The summed E-state index contributed by atoms with van der Waals surface area (Å²) in [5.74, 6) is 1.83. The SMILES string of the molecule is c1ccc(-c2ccc(-c3nc(-c4ccccc4)nc(-c4ccc(-c5cccc6c5sc5ccccc56)cc4)n3)c(-n3c4ccccc4c4cnccc43)c2)cc1. The highest BCUT2D eigenvalue weighted by Crippen LogP contribution is 2.41. The van der Waals surface area contributed by atoms with Crippen molar-refractivity contribution in [2.24, 2.45) is 0 Å². The normalized spacial score (nSPS) is 11.6. The second-order valence-corrected chi connectivity index (χ2v) is 14.9. The van der Waals surface area contributed by atoms with Gasteiger partial charge in [-0.05, 0) is 52.6 Å². The molecule has 0 bridgehead atoms. The summed E-state index contributed by atoms with van der Waals surface area (Å²) >= 11 is 1.85. The number of hydrogen-bond acceptors (Lipinski definition) is 5. The fourth-order valence-electron chi connectivity index (χ4n) is 7.91. The molecule has 5 nitrogen and oxygen atoms in total. The van der Waals surface area contributed by atoms with Gasteiger partial charge in [-0.3, -0.25) is 4.98 Å². The number of pyridine rings is 1. The average Bonchev–Trinajstić information content (AvgIpc) is 3.83. The molecule has 0 aliphatic rings. The number of para-hydroxylation sites is 1. The summed E-state index contributed by atoms with van der Waals surface area (Å²) in [6.07, 6.45) is 3.81. The molecular formula is C50H31N5S. The predicted octanol–water partition coefficient (Wildman–Crippen LogP) is 13.1. The number of aromatic nitrogens is 5. The Morgan fingerprint density at radius 2 is 1.00 bits per heavy atom. The van der Waals surface area contributed by atoms with Crippen LogP contribution >= 0.6 is 11.3 Å². The number of nitrogens with zero attached hydrogens (tertiary/aromatic N) is 5. The van der Waals surface area contributed by atoms with Crippen LogP contribution in [0.2, 0.25) is 0 Å². The largest absolute Gasteiger partial charge is 0.308 e. The van der Waals surface area contributed by atoms with E-state index in [0.29, 0.717) is 17.5 Å². The zero-order chi connectivity index (χ0) is 37.0. The van der Waals surface area contributed by atoms with Crippen molar-refractivity contribution >= 4 is 53.3 Å². The molecule has 0 saturated heterocycles. The van der Waals surface area contributed by atoms with Crippen molar-refractivity contribution in [2.75, 3.05) is 0 Å². The zero-order valence-corrected chi connectivity index (χ0v) is 30.9. The third-order valence-corrected chi connectivity index (χ3v) is 11.8. The standard InChI is InChI=1S/C50H31N5S/c1-3-12-32(13-4-1)36-26-27-41(45(30-36)55-43-20-9-7-16-38(43)42-31-51-29-28-44(42)55)50-53-48(34-14-5-2-6-15-34)52-49(54-50)35-24-22-33(23-25-35)37-18-11-19-40-39-17-8-10-21-46(39)56-47(37)40/h1-31H. The van der Waals surface area contributed by atoms with E-state index in [1.54, 1.807) is 0 Å². The summed E-state index contributed by atoms with van der Waals surface area (Å²) in [6.45, 7) is 0. The van der Waals surface area contributed by atoms with Crippen LogP contribution in [-0.4, -0.2) is 24.5 Å². The van der Waals surface area contributed by atoms with E-state index < -0.39 is 0 Å². The van der Waals surface area contributed by atoms with Crippen molar-refractivity contribution in [1.82, 2.24) is 24.5 Å². The summed E-state index contributed by atoms with van der Waals surface area (Å²) in [5.41, 5.74) is 10.5. The highest BCUT2D eigenvalue weighted by atomic mass is 32.1. The van der Waals surface area contributed by atoms with Crippen molar-refractivity contribution in [3.05, 3.63) is 188 Å². The van der Waals surface area contributed by atoms with Crippen LogP contribution in [0.15, 0.2) is 188 Å². The van der Waals surface area contributed by atoms with Crippen molar-refractivity contribution in [3.8, 4) is 62.1 Å². The summed E-state index contributed by atoms with van der Waals surface area (Å²) in [6, 6.07) is 61.7. The van der Waals surface area contributed by atoms with E-state index in [-0.39, 0.29) is 0 Å². The molecule has 56 heavy (non-hydrogen) atoms. The summed E-state index contributed by atoms with van der Waals surface area (Å²) in [5, 5.41) is 4.81. The van der Waals surface area contributed by atoms with Crippen LogP contribution in [0.25, 0.3) is 104 Å². The van der Waals surface area contributed by atoms with Gasteiger partial charge in [0.2, 0.25) is 0 Å². The van der Waals surface area contributed by atoms with Crippen LogP contribution in [0.4, 0.5) is 0 Å². The van der Waals surface area contributed by atoms with Gasteiger partial charge in [-0.25, -0.2) is 15.0 Å². The van der Waals surface area contributed by atoms with Crippen LogP contribution in [0.1, 0.15) is 0 Å².